The van der Waals surface area contributed by atoms with E-state index in [1.165, 1.54) is 0 Å². The van der Waals surface area contributed by atoms with Crippen molar-refractivity contribution in [3.05, 3.63) is 95.2 Å². The molecule has 0 fully saturated rings. The summed E-state index contributed by atoms with van der Waals surface area (Å²) < 4.78 is 16.8. The first kappa shape index (κ1) is 19.7. The Morgan fingerprint density at radius 1 is 0.967 bits per heavy atom. The van der Waals surface area contributed by atoms with Gasteiger partial charge in [0.2, 0.25) is 5.88 Å². The van der Waals surface area contributed by atoms with E-state index in [1.54, 1.807) is 59.0 Å². The highest BCUT2D eigenvalue weighted by Crippen LogP contribution is 2.22. The number of benzene rings is 1. The highest BCUT2D eigenvalue weighted by Gasteiger charge is 2.17. The molecule has 3 heterocycles. The van der Waals surface area contributed by atoms with Crippen LogP contribution in [0.5, 0.6) is 17.4 Å². The molecule has 0 atom stereocenters. The summed E-state index contributed by atoms with van der Waals surface area (Å²) in [5, 5.41) is 2.00. The standard InChI is InChI=1S/C23H20N2O4S/c26-23(25(15-20-5-3-13-27-20)16-21-6-4-14-30-21)17-28-18-8-10-19(11-9-18)29-22-7-1-2-12-24-22/h1-14H,15-17H2. The van der Waals surface area contributed by atoms with E-state index in [9.17, 15) is 4.79 Å². The van der Waals surface area contributed by atoms with Gasteiger partial charge in [-0.15, -0.1) is 11.3 Å². The molecule has 0 aliphatic heterocycles. The summed E-state index contributed by atoms with van der Waals surface area (Å²) >= 11 is 1.61. The van der Waals surface area contributed by atoms with E-state index in [0.717, 1.165) is 10.6 Å². The Balaban J connectivity index is 1.35. The Morgan fingerprint density at radius 2 is 1.83 bits per heavy atom. The van der Waals surface area contributed by atoms with Crippen LogP contribution in [0.3, 0.4) is 0 Å². The largest absolute Gasteiger partial charge is 0.484 e. The van der Waals surface area contributed by atoms with Crippen LogP contribution in [-0.2, 0) is 17.9 Å². The van der Waals surface area contributed by atoms with Gasteiger partial charge in [0, 0.05) is 17.1 Å². The van der Waals surface area contributed by atoms with Crippen molar-refractivity contribution in [1.82, 2.24) is 9.88 Å². The first-order valence-electron chi connectivity index (χ1n) is 9.40. The fourth-order valence-corrected chi connectivity index (χ4v) is 3.50. The summed E-state index contributed by atoms with van der Waals surface area (Å²) in [5.41, 5.74) is 0. The van der Waals surface area contributed by atoms with Gasteiger partial charge >= 0.3 is 0 Å². The molecular weight excluding hydrogens is 400 g/mol. The molecule has 4 aromatic rings. The van der Waals surface area contributed by atoms with Crippen molar-refractivity contribution in [3.63, 3.8) is 0 Å². The fraction of sp³-hybridized carbons (Fsp3) is 0.130. The van der Waals surface area contributed by atoms with Gasteiger partial charge in [-0.25, -0.2) is 4.98 Å². The van der Waals surface area contributed by atoms with Gasteiger partial charge in [0.15, 0.2) is 6.61 Å². The Hall–Kier alpha value is -3.58. The number of hydrogen-bond acceptors (Lipinski definition) is 6. The van der Waals surface area contributed by atoms with Gasteiger partial charge in [-0.05, 0) is 53.9 Å². The molecule has 0 aliphatic carbocycles. The molecular formula is C23H20N2O4S. The molecule has 0 aliphatic rings. The summed E-state index contributed by atoms with van der Waals surface area (Å²) in [4.78, 5) is 19.8. The average molecular weight is 420 g/mol. The van der Waals surface area contributed by atoms with E-state index in [4.69, 9.17) is 13.9 Å². The van der Waals surface area contributed by atoms with Gasteiger partial charge < -0.3 is 18.8 Å². The highest BCUT2D eigenvalue weighted by molar-refractivity contribution is 7.09. The molecule has 1 aromatic carbocycles. The summed E-state index contributed by atoms with van der Waals surface area (Å²) in [7, 11) is 0. The molecule has 0 spiro atoms. The van der Waals surface area contributed by atoms with Crippen molar-refractivity contribution < 1.29 is 18.7 Å². The number of pyridine rings is 1. The summed E-state index contributed by atoms with van der Waals surface area (Å²) in [6.07, 6.45) is 3.28. The number of aromatic nitrogens is 1. The second kappa shape index (κ2) is 9.76. The van der Waals surface area contributed by atoms with Crippen LogP contribution >= 0.6 is 11.3 Å². The van der Waals surface area contributed by atoms with Gasteiger partial charge in [0.05, 0.1) is 19.4 Å². The molecule has 3 aromatic heterocycles. The molecule has 0 saturated heterocycles. The number of thiophene rings is 1. The van der Waals surface area contributed by atoms with Gasteiger partial charge in [0.25, 0.3) is 5.91 Å². The zero-order valence-corrected chi connectivity index (χ0v) is 17.0. The van der Waals surface area contributed by atoms with E-state index < -0.39 is 0 Å². The van der Waals surface area contributed by atoms with Gasteiger partial charge in [-0.2, -0.15) is 0 Å². The van der Waals surface area contributed by atoms with Crippen LogP contribution in [0.1, 0.15) is 10.6 Å². The molecule has 1 amide bonds. The number of carbonyl (C=O) groups excluding carboxylic acids is 1. The number of rotatable bonds is 9. The SMILES string of the molecule is O=C(COc1ccc(Oc2ccccn2)cc1)N(Cc1ccco1)Cc1cccs1. The van der Waals surface area contributed by atoms with Crippen LogP contribution in [0.4, 0.5) is 0 Å². The predicted molar refractivity (Wildman–Crippen MR) is 114 cm³/mol. The minimum absolute atomic E-state index is 0.0630. The highest BCUT2D eigenvalue weighted by atomic mass is 32.1. The number of nitrogens with zero attached hydrogens (tertiary/aromatic N) is 2. The fourth-order valence-electron chi connectivity index (χ4n) is 2.78. The van der Waals surface area contributed by atoms with E-state index >= 15 is 0 Å². The van der Waals surface area contributed by atoms with Crippen molar-refractivity contribution in [1.29, 1.82) is 0 Å². The molecule has 6 nitrogen and oxygen atoms in total. The van der Waals surface area contributed by atoms with Crippen molar-refractivity contribution in [2.45, 2.75) is 13.1 Å². The molecule has 7 heteroatoms. The number of hydrogen-bond donors (Lipinski definition) is 0. The quantitative estimate of drug-likeness (QED) is 0.375. The summed E-state index contributed by atoms with van der Waals surface area (Å²) in [5.74, 6) is 2.36. The molecule has 4 rings (SSSR count). The Bertz CT molecular complexity index is 997. The third-order valence-electron chi connectivity index (χ3n) is 4.25. The topological polar surface area (TPSA) is 64.8 Å². The Labute approximate surface area is 178 Å². The van der Waals surface area contributed by atoms with Crippen LogP contribution in [-0.4, -0.2) is 22.4 Å². The van der Waals surface area contributed by atoms with E-state index in [2.05, 4.69) is 4.98 Å². The second-order valence-corrected chi connectivity index (χ2v) is 7.47. The lowest BCUT2D eigenvalue weighted by atomic mass is 10.3. The number of ether oxygens (including phenoxy) is 2. The maximum absolute atomic E-state index is 12.8. The number of furan rings is 1. The molecule has 0 saturated carbocycles. The monoisotopic (exact) mass is 420 g/mol. The molecule has 0 N–H and O–H groups in total. The van der Waals surface area contributed by atoms with Crippen LogP contribution in [0, 0.1) is 0 Å². The van der Waals surface area contributed by atoms with Crippen molar-refractivity contribution in [2.24, 2.45) is 0 Å². The lowest BCUT2D eigenvalue weighted by Gasteiger charge is -2.21. The molecule has 0 radical (unpaired) electrons. The van der Waals surface area contributed by atoms with Crippen molar-refractivity contribution in [2.75, 3.05) is 6.61 Å². The molecule has 152 valence electrons. The minimum Gasteiger partial charge on any atom is -0.484 e. The van der Waals surface area contributed by atoms with Crippen LogP contribution < -0.4 is 9.47 Å². The van der Waals surface area contributed by atoms with Gasteiger partial charge in [-0.1, -0.05) is 12.1 Å². The second-order valence-electron chi connectivity index (χ2n) is 6.44. The minimum atomic E-state index is -0.117. The third-order valence-corrected chi connectivity index (χ3v) is 5.11. The summed E-state index contributed by atoms with van der Waals surface area (Å²) in [6.45, 7) is 0.841. The zero-order valence-electron chi connectivity index (χ0n) is 16.1. The maximum Gasteiger partial charge on any atom is 0.261 e. The zero-order chi connectivity index (χ0) is 20.6. The normalized spacial score (nSPS) is 10.5. The van der Waals surface area contributed by atoms with E-state index in [0.29, 0.717) is 30.5 Å². The Morgan fingerprint density at radius 3 is 2.53 bits per heavy atom. The Kier molecular flexibility index (Phi) is 6.41. The van der Waals surface area contributed by atoms with E-state index in [-0.39, 0.29) is 12.5 Å². The van der Waals surface area contributed by atoms with Gasteiger partial charge in [0.1, 0.15) is 17.3 Å². The van der Waals surface area contributed by atoms with Crippen LogP contribution in [0.15, 0.2) is 89.0 Å². The molecule has 0 bridgehead atoms. The first-order chi connectivity index (χ1) is 14.8. The predicted octanol–water partition coefficient (Wildman–Crippen LogP) is 5.14. The molecule has 30 heavy (non-hydrogen) atoms. The number of carbonyl (C=O) groups is 1. The lowest BCUT2D eigenvalue weighted by Crippen LogP contribution is -2.33. The number of amides is 1. The van der Waals surface area contributed by atoms with Crippen molar-refractivity contribution in [3.8, 4) is 17.4 Å². The maximum atomic E-state index is 12.8. The average Bonchev–Trinajstić information content (AvgIpc) is 3.48. The van der Waals surface area contributed by atoms with Crippen molar-refractivity contribution >= 4 is 17.2 Å². The van der Waals surface area contributed by atoms with E-state index in [1.807, 2.05) is 41.8 Å². The van der Waals surface area contributed by atoms with Crippen LogP contribution in [0.25, 0.3) is 0 Å². The third kappa shape index (κ3) is 5.48. The first-order valence-corrected chi connectivity index (χ1v) is 10.3. The lowest BCUT2D eigenvalue weighted by molar-refractivity contribution is -0.134. The van der Waals surface area contributed by atoms with Crippen LogP contribution in [0.2, 0.25) is 0 Å². The van der Waals surface area contributed by atoms with Gasteiger partial charge in [-0.3, -0.25) is 4.79 Å². The molecule has 0 unspecified atom stereocenters. The smallest absolute Gasteiger partial charge is 0.261 e. The summed E-state index contributed by atoms with van der Waals surface area (Å²) in [6, 6.07) is 20.2.